The lowest BCUT2D eigenvalue weighted by Gasteiger charge is -2.25. The molecule has 0 heterocycles. The molecule has 0 fully saturated rings. The van der Waals surface area contributed by atoms with Gasteiger partial charge in [0.25, 0.3) is 0 Å². The Morgan fingerprint density at radius 1 is 0.667 bits per heavy atom. The summed E-state index contributed by atoms with van der Waals surface area (Å²) in [7, 11) is -11.5. The van der Waals surface area contributed by atoms with Crippen molar-refractivity contribution in [2.45, 2.75) is 31.0 Å². The predicted molar refractivity (Wildman–Crippen MR) is 133 cm³/mol. The van der Waals surface area contributed by atoms with Crippen molar-refractivity contribution >= 4 is 21.2 Å². The van der Waals surface area contributed by atoms with E-state index >= 15 is 0 Å². The van der Waals surface area contributed by atoms with Crippen LogP contribution in [0.15, 0.2) is 78.9 Å². The van der Waals surface area contributed by atoms with Crippen LogP contribution in [0.1, 0.15) is 27.8 Å². The molecule has 0 saturated heterocycles. The van der Waals surface area contributed by atoms with E-state index in [1.165, 1.54) is 29.2 Å². The first kappa shape index (κ1) is 30.5. The van der Waals surface area contributed by atoms with Crippen molar-refractivity contribution in [2.24, 2.45) is 0 Å². The molecule has 3 aromatic rings. The maximum absolute atomic E-state index is 14.0. The number of alkyl halides is 4. The minimum absolute atomic E-state index is 0.136. The second-order valence-electron chi connectivity index (χ2n) is 8.56. The summed E-state index contributed by atoms with van der Waals surface area (Å²) in [6, 6.07) is 16.2. The van der Waals surface area contributed by atoms with Crippen molar-refractivity contribution in [3.8, 4) is 0 Å². The van der Waals surface area contributed by atoms with Crippen LogP contribution in [0.4, 0.5) is 22.4 Å². The SMILES string of the molecule is O=C(NCc1ccccc1)N(Cc1ccc(C(F)(F)P(=O)(O)O)cc1)Cc1ccc(C(F)(F)P(=O)(O)O)cc1. The Balaban J connectivity index is 1.83. The summed E-state index contributed by atoms with van der Waals surface area (Å²) in [6.07, 6.45) is 0. The number of nitrogens with zero attached hydrogens (tertiary/aromatic N) is 1. The van der Waals surface area contributed by atoms with Crippen LogP contribution in [0.25, 0.3) is 0 Å². The lowest BCUT2D eigenvalue weighted by atomic mass is 10.1. The molecule has 0 radical (unpaired) electrons. The number of amides is 2. The highest BCUT2D eigenvalue weighted by molar-refractivity contribution is 7.52. The van der Waals surface area contributed by atoms with Gasteiger partial charge in [0.1, 0.15) is 0 Å². The van der Waals surface area contributed by atoms with E-state index in [0.717, 1.165) is 29.8 Å². The molecule has 0 aliphatic carbocycles. The van der Waals surface area contributed by atoms with Gasteiger partial charge in [0.15, 0.2) is 0 Å². The number of carbonyl (C=O) groups is 1. The van der Waals surface area contributed by atoms with Crippen molar-refractivity contribution in [2.75, 3.05) is 0 Å². The molecule has 0 aromatic heterocycles. The molecular weight excluding hydrogens is 566 g/mol. The van der Waals surface area contributed by atoms with Gasteiger partial charge in [-0.15, -0.1) is 0 Å². The number of benzene rings is 3. The molecule has 210 valence electrons. The monoisotopic (exact) mass is 590 g/mol. The van der Waals surface area contributed by atoms with Crippen molar-refractivity contribution in [1.29, 1.82) is 0 Å². The van der Waals surface area contributed by atoms with Crippen LogP contribution in [0, 0.1) is 0 Å². The van der Waals surface area contributed by atoms with Crippen molar-refractivity contribution < 1.29 is 51.1 Å². The van der Waals surface area contributed by atoms with Gasteiger partial charge in [-0.05, 0) is 16.7 Å². The molecule has 0 saturated carbocycles. The lowest BCUT2D eigenvalue weighted by Crippen LogP contribution is -2.38. The summed E-state index contributed by atoms with van der Waals surface area (Å²) in [5.41, 5.74) is -9.23. The Labute approximate surface area is 220 Å². The van der Waals surface area contributed by atoms with Gasteiger partial charge in [0.2, 0.25) is 0 Å². The Bertz CT molecular complexity index is 1300. The zero-order valence-corrected chi connectivity index (χ0v) is 21.8. The highest BCUT2D eigenvalue weighted by Crippen LogP contribution is 2.60. The predicted octanol–water partition coefficient (Wildman–Crippen LogP) is 5.05. The van der Waals surface area contributed by atoms with Gasteiger partial charge in [0.05, 0.1) is 0 Å². The first-order chi connectivity index (χ1) is 18.0. The summed E-state index contributed by atoms with van der Waals surface area (Å²) in [4.78, 5) is 50.0. The topological polar surface area (TPSA) is 147 Å². The Morgan fingerprint density at radius 2 is 1.05 bits per heavy atom. The van der Waals surface area contributed by atoms with Crippen LogP contribution in [0.3, 0.4) is 0 Å². The van der Waals surface area contributed by atoms with Crippen LogP contribution < -0.4 is 5.32 Å². The lowest BCUT2D eigenvalue weighted by molar-refractivity contribution is 0.0564. The fourth-order valence-electron chi connectivity index (χ4n) is 3.48. The summed E-state index contributed by atoms with van der Waals surface area (Å²) in [5, 5.41) is 2.69. The van der Waals surface area contributed by atoms with E-state index < -0.39 is 43.7 Å². The largest absolute Gasteiger partial charge is 0.399 e. The molecule has 15 heteroatoms. The quantitative estimate of drug-likeness (QED) is 0.164. The molecule has 2 amide bonds. The number of carbonyl (C=O) groups excluding carboxylic acids is 1. The van der Waals surface area contributed by atoms with Gasteiger partial charge in [-0.1, -0.05) is 78.9 Å². The van der Waals surface area contributed by atoms with E-state index in [9.17, 15) is 31.5 Å². The van der Waals surface area contributed by atoms with Crippen LogP contribution >= 0.6 is 15.2 Å². The van der Waals surface area contributed by atoms with Gasteiger partial charge in [-0.3, -0.25) is 9.13 Å². The third-order valence-electron chi connectivity index (χ3n) is 5.65. The molecular formula is C24H24F4N2O7P2. The van der Waals surface area contributed by atoms with Crippen molar-refractivity contribution in [1.82, 2.24) is 10.2 Å². The van der Waals surface area contributed by atoms with E-state index in [4.69, 9.17) is 19.6 Å². The Morgan fingerprint density at radius 3 is 1.41 bits per heavy atom. The van der Waals surface area contributed by atoms with E-state index in [-0.39, 0.29) is 19.6 Å². The van der Waals surface area contributed by atoms with E-state index in [0.29, 0.717) is 11.1 Å². The third kappa shape index (κ3) is 7.33. The smallest absolute Gasteiger partial charge is 0.334 e. The van der Waals surface area contributed by atoms with Gasteiger partial charge in [-0.25, -0.2) is 4.79 Å². The van der Waals surface area contributed by atoms with E-state index in [1.54, 1.807) is 30.3 Å². The van der Waals surface area contributed by atoms with Gasteiger partial charge in [0, 0.05) is 30.8 Å². The number of nitrogens with one attached hydrogen (secondary N) is 1. The molecule has 3 aromatic carbocycles. The zero-order valence-electron chi connectivity index (χ0n) is 20.0. The highest BCUT2D eigenvalue weighted by atomic mass is 31.2. The van der Waals surface area contributed by atoms with Crippen molar-refractivity contribution in [3.63, 3.8) is 0 Å². The van der Waals surface area contributed by atoms with Gasteiger partial charge < -0.3 is 29.8 Å². The molecule has 3 rings (SSSR count). The van der Waals surface area contributed by atoms with Crippen LogP contribution in [-0.4, -0.2) is 30.5 Å². The summed E-state index contributed by atoms with van der Waals surface area (Å²) < 4.78 is 78.2. The number of urea groups is 1. The highest BCUT2D eigenvalue weighted by Gasteiger charge is 2.51. The van der Waals surface area contributed by atoms with E-state index in [1.807, 2.05) is 0 Å². The third-order valence-corrected chi connectivity index (χ3v) is 7.63. The molecule has 0 aliphatic heterocycles. The summed E-state index contributed by atoms with van der Waals surface area (Å²) in [5.74, 6) is 0. The molecule has 0 bridgehead atoms. The normalized spacial score (nSPS) is 12.7. The molecule has 5 N–H and O–H groups in total. The second-order valence-corrected chi connectivity index (χ2v) is 11.9. The minimum atomic E-state index is -5.77. The first-order valence-corrected chi connectivity index (χ1v) is 14.4. The fraction of sp³-hybridized carbons (Fsp3) is 0.208. The summed E-state index contributed by atoms with van der Waals surface area (Å²) >= 11 is 0. The molecule has 9 nitrogen and oxygen atoms in total. The van der Waals surface area contributed by atoms with Gasteiger partial charge in [-0.2, -0.15) is 17.6 Å². The van der Waals surface area contributed by atoms with Crippen LogP contribution in [0.2, 0.25) is 0 Å². The first-order valence-electron chi connectivity index (χ1n) is 11.1. The molecule has 39 heavy (non-hydrogen) atoms. The average Bonchev–Trinajstić information content (AvgIpc) is 2.87. The average molecular weight is 590 g/mol. The minimum Gasteiger partial charge on any atom is -0.334 e. The molecule has 0 aliphatic rings. The molecule has 0 unspecified atom stereocenters. The maximum atomic E-state index is 14.0. The number of hydrogen-bond acceptors (Lipinski definition) is 3. The molecule has 0 atom stereocenters. The van der Waals surface area contributed by atoms with Crippen LogP contribution in [-0.2, 0) is 40.1 Å². The maximum Gasteiger partial charge on any atom is 0.399 e. The second kappa shape index (κ2) is 11.6. The van der Waals surface area contributed by atoms with Crippen molar-refractivity contribution in [3.05, 3.63) is 107 Å². The zero-order chi connectivity index (χ0) is 29.1. The standard InChI is InChI=1S/C24H24F4N2O7P2/c25-23(26,38(32,33)34)20-10-6-18(7-11-20)15-30(22(31)29-14-17-4-2-1-3-5-17)16-19-8-12-21(13-9-19)24(27,28)39(35,36)37/h1-13H,14-16H2,(H,29,31)(H2,32,33,34)(H2,35,36,37). The van der Waals surface area contributed by atoms with Crippen LogP contribution in [0.5, 0.6) is 0 Å². The fourth-order valence-corrected chi connectivity index (χ4v) is 4.45. The molecule has 0 spiro atoms. The number of rotatable bonds is 10. The van der Waals surface area contributed by atoms with Gasteiger partial charge >= 0.3 is 32.5 Å². The number of halogens is 4. The Kier molecular flexibility index (Phi) is 9.06. The Hall–Kier alpha value is -3.05. The number of hydrogen-bond donors (Lipinski definition) is 5. The van der Waals surface area contributed by atoms with E-state index in [2.05, 4.69) is 5.32 Å². The summed E-state index contributed by atoms with van der Waals surface area (Å²) in [6.45, 7) is -0.192.